The van der Waals surface area contributed by atoms with E-state index in [0.29, 0.717) is 0 Å². The van der Waals surface area contributed by atoms with Crippen LogP contribution in [0.5, 0.6) is 10.8 Å². The molecule has 0 atom stereocenters. The van der Waals surface area contributed by atoms with E-state index in [1.165, 1.54) is 10.4 Å². The van der Waals surface area contributed by atoms with Crippen LogP contribution in [0, 0.1) is 6.92 Å². The second-order valence-corrected chi connectivity index (χ2v) is 6.21. The lowest BCUT2D eigenvalue weighted by molar-refractivity contribution is 0.492. The summed E-state index contributed by atoms with van der Waals surface area (Å²) in [6.45, 7) is 2.11. The van der Waals surface area contributed by atoms with E-state index in [4.69, 9.17) is 22.7 Å². The van der Waals surface area contributed by atoms with Gasteiger partial charge in [-0.3, -0.25) is 4.98 Å². The van der Waals surface area contributed by atoms with E-state index in [0.717, 1.165) is 39.7 Å². The van der Waals surface area contributed by atoms with Crippen molar-refractivity contribution in [1.29, 1.82) is 0 Å². The molecule has 0 aromatic carbocycles. The summed E-state index contributed by atoms with van der Waals surface area (Å²) in [5.41, 5.74) is 9.02. The largest absolute Gasteiger partial charge is 0.444 e. The summed E-state index contributed by atoms with van der Waals surface area (Å²) >= 11 is 7.20. The maximum absolute atomic E-state index is 5.96. The lowest BCUT2D eigenvalue weighted by Crippen LogP contribution is -2.13. The van der Waals surface area contributed by atoms with E-state index < -0.39 is 0 Å². The molecule has 2 aromatic rings. The summed E-state index contributed by atoms with van der Waals surface area (Å²) in [6, 6.07) is 3.74. The predicted molar refractivity (Wildman–Crippen MR) is 85.7 cm³/mol. The number of aryl methyl sites for hydroxylation is 1. The molecule has 0 amide bonds. The smallest absolute Gasteiger partial charge is 0.190 e. The summed E-state index contributed by atoms with van der Waals surface area (Å²) < 4.78 is 5.96. The molecular formula is C15H14N2OS2. The predicted octanol–water partition coefficient (Wildman–Crippen LogP) is 3.75. The molecule has 2 N–H and O–H groups in total. The van der Waals surface area contributed by atoms with Gasteiger partial charge in [-0.1, -0.05) is 12.2 Å². The molecular weight excluding hydrogens is 288 g/mol. The molecule has 102 valence electrons. The van der Waals surface area contributed by atoms with Crippen molar-refractivity contribution >= 4 is 28.4 Å². The Hall–Kier alpha value is -1.72. The van der Waals surface area contributed by atoms with Crippen LogP contribution in [0.1, 0.15) is 22.4 Å². The molecule has 5 heteroatoms. The van der Waals surface area contributed by atoms with Crippen LogP contribution in [0.25, 0.3) is 0 Å². The Balaban J connectivity index is 2.04. The summed E-state index contributed by atoms with van der Waals surface area (Å²) in [6.07, 6.45) is 6.92. The molecule has 3 nitrogen and oxygen atoms in total. The van der Waals surface area contributed by atoms with Crippen LogP contribution in [-0.4, -0.2) is 9.85 Å². The van der Waals surface area contributed by atoms with Gasteiger partial charge >= 0.3 is 0 Å². The highest BCUT2D eigenvalue weighted by Gasteiger charge is 2.27. The quantitative estimate of drug-likeness (QED) is 0.678. The minimum atomic E-state index is 0.725. The molecule has 0 fully saturated rings. The van der Waals surface area contributed by atoms with Gasteiger partial charge in [-0.05, 0) is 49.2 Å². The zero-order valence-electron chi connectivity index (χ0n) is 11.1. The topological polar surface area (TPSA) is 48.1 Å². The molecule has 2 aromatic heterocycles. The SMILES string of the molecule is Cc1sc(Oc2cccnc2)c2c1CCC(=CN)C2=S. The molecule has 0 spiro atoms. The highest BCUT2D eigenvalue weighted by molar-refractivity contribution is 7.81. The average Bonchev–Trinajstić information content (AvgIpc) is 2.78. The Morgan fingerprint density at radius 1 is 1.45 bits per heavy atom. The van der Waals surface area contributed by atoms with Gasteiger partial charge in [0.15, 0.2) is 5.06 Å². The van der Waals surface area contributed by atoms with E-state index in [2.05, 4.69) is 11.9 Å². The number of ether oxygens (including phenoxy) is 1. The third-order valence-corrected chi connectivity index (χ3v) is 4.88. The van der Waals surface area contributed by atoms with Crippen molar-refractivity contribution in [2.45, 2.75) is 19.8 Å². The van der Waals surface area contributed by atoms with Crippen molar-refractivity contribution < 1.29 is 4.74 Å². The normalized spacial score (nSPS) is 16.2. The van der Waals surface area contributed by atoms with E-state index >= 15 is 0 Å². The fraction of sp³-hybridized carbons (Fsp3) is 0.200. The standard InChI is InChI=1S/C15H14N2OS2/c1-9-12-5-4-10(7-16)14(19)13(12)15(20-9)18-11-3-2-6-17-8-11/h2-3,6-8H,4-5,16H2,1H3. The first-order chi connectivity index (χ1) is 9.70. The Kier molecular flexibility index (Phi) is 3.54. The lowest BCUT2D eigenvalue weighted by atomic mass is 9.90. The van der Waals surface area contributed by atoms with Crippen LogP contribution in [0.2, 0.25) is 0 Å². The number of rotatable bonds is 2. The number of nitrogens with two attached hydrogens (primary N) is 1. The third-order valence-electron chi connectivity index (χ3n) is 3.39. The molecule has 0 radical (unpaired) electrons. The number of allylic oxidation sites excluding steroid dienone is 1. The van der Waals surface area contributed by atoms with Gasteiger partial charge in [0.25, 0.3) is 0 Å². The van der Waals surface area contributed by atoms with Gasteiger partial charge in [-0.15, -0.1) is 11.3 Å². The summed E-state index contributed by atoms with van der Waals surface area (Å²) in [5, 5.41) is 0.842. The molecule has 20 heavy (non-hydrogen) atoms. The first-order valence-electron chi connectivity index (χ1n) is 6.36. The molecule has 1 aliphatic rings. The van der Waals surface area contributed by atoms with E-state index in [9.17, 15) is 0 Å². The van der Waals surface area contributed by atoms with Crippen LogP contribution >= 0.6 is 23.6 Å². The number of thiophene rings is 1. The zero-order valence-corrected chi connectivity index (χ0v) is 12.7. The van der Waals surface area contributed by atoms with Crippen molar-refractivity contribution in [1.82, 2.24) is 4.98 Å². The molecule has 1 aliphatic carbocycles. The second-order valence-electron chi connectivity index (χ2n) is 4.61. The molecule has 0 unspecified atom stereocenters. The minimum absolute atomic E-state index is 0.725. The van der Waals surface area contributed by atoms with E-state index in [1.54, 1.807) is 29.9 Å². The van der Waals surface area contributed by atoms with Gasteiger partial charge < -0.3 is 10.5 Å². The van der Waals surface area contributed by atoms with Gasteiger partial charge in [0.05, 0.1) is 16.6 Å². The van der Waals surface area contributed by atoms with Crippen LogP contribution in [0.4, 0.5) is 0 Å². The zero-order chi connectivity index (χ0) is 14.1. The average molecular weight is 302 g/mol. The molecule has 2 heterocycles. The van der Waals surface area contributed by atoms with Crippen LogP contribution in [-0.2, 0) is 6.42 Å². The van der Waals surface area contributed by atoms with Crippen molar-refractivity contribution in [3.05, 3.63) is 52.3 Å². The van der Waals surface area contributed by atoms with E-state index in [1.807, 2.05) is 12.1 Å². The second kappa shape index (κ2) is 5.34. The van der Waals surface area contributed by atoms with Crippen LogP contribution < -0.4 is 10.5 Å². The van der Waals surface area contributed by atoms with E-state index in [-0.39, 0.29) is 0 Å². The number of thiocarbonyl (C=S) groups is 1. The maximum Gasteiger partial charge on any atom is 0.190 e. The first-order valence-corrected chi connectivity index (χ1v) is 7.58. The van der Waals surface area contributed by atoms with Gasteiger partial charge in [-0.25, -0.2) is 0 Å². The summed E-state index contributed by atoms with van der Waals surface area (Å²) in [7, 11) is 0. The van der Waals surface area contributed by atoms with Crippen molar-refractivity contribution in [3.63, 3.8) is 0 Å². The van der Waals surface area contributed by atoms with Crippen molar-refractivity contribution in [2.75, 3.05) is 0 Å². The number of hydrogen-bond donors (Lipinski definition) is 1. The number of pyridine rings is 1. The van der Waals surface area contributed by atoms with Gasteiger partial charge in [0.1, 0.15) is 5.75 Å². The van der Waals surface area contributed by atoms with Gasteiger partial charge in [-0.2, -0.15) is 0 Å². The fourth-order valence-electron chi connectivity index (χ4n) is 2.36. The Bertz CT molecular complexity index is 689. The highest BCUT2D eigenvalue weighted by atomic mass is 32.1. The number of aromatic nitrogens is 1. The van der Waals surface area contributed by atoms with Gasteiger partial charge in [0, 0.05) is 11.1 Å². The number of nitrogens with zero attached hydrogens (tertiary/aromatic N) is 1. The number of hydrogen-bond acceptors (Lipinski definition) is 5. The molecule has 0 saturated carbocycles. The monoisotopic (exact) mass is 302 g/mol. The summed E-state index contributed by atoms with van der Waals surface area (Å²) in [5.74, 6) is 0.725. The number of fused-ring (bicyclic) bond motifs is 1. The lowest BCUT2D eigenvalue weighted by Gasteiger charge is -2.18. The molecule has 0 bridgehead atoms. The van der Waals surface area contributed by atoms with Crippen LogP contribution in [0.3, 0.4) is 0 Å². The molecule has 0 aliphatic heterocycles. The van der Waals surface area contributed by atoms with Gasteiger partial charge in [0.2, 0.25) is 0 Å². The fourth-order valence-corrected chi connectivity index (χ4v) is 3.88. The summed E-state index contributed by atoms with van der Waals surface area (Å²) in [4.78, 5) is 6.14. The Morgan fingerprint density at radius 3 is 3.00 bits per heavy atom. The molecule has 0 saturated heterocycles. The third kappa shape index (κ3) is 2.23. The Morgan fingerprint density at radius 2 is 2.30 bits per heavy atom. The maximum atomic E-state index is 5.96. The Labute approximate surface area is 127 Å². The highest BCUT2D eigenvalue weighted by Crippen LogP contribution is 2.42. The minimum Gasteiger partial charge on any atom is -0.444 e. The van der Waals surface area contributed by atoms with Crippen molar-refractivity contribution in [3.8, 4) is 10.8 Å². The molecule has 3 rings (SSSR count). The van der Waals surface area contributed by atoms with Crippen molar-refractivity contribution in [2.24, 2.45) is 5.73 Å². The van der Waals surface area contributed by atoms with Crippen LogP contribution in [0.15, 0.2) is 36.3 Å². The first kappa shape index (κ1) is 13.3.